The van der Waals surface area contributed by atoms with Gasteiger partial charge in [0.1, 0.15) is 5.75 Å². The molecule has 6 nitrogen and oxygen atoms in total. The first-order chi connectivity index (χ1) is 9.95. The SMILES string of the molecule is COc1ccc(Cl)cc1NC(=O)CN(C(C)(C)C)S(C)(=O)=O. The van der Waals surface area contributed by atoms with Crippen LogP contribution in [0, 0.1) is 0 Å². The van der Waals surface area contributed by atoms with Crippen LogP contribution in [0.15, 0.2) is 18.2 Å². The van der Waals surface area contributed by atoms with Crippen LogP contribution in [-0.2, 0) is 14.8 Å². The second-order valence-corrected chi connectivity index (χ2v) is 8.18. The van der Waals surface area contributed by atoms with E-state index < -0.39 is 21.5 Å². The van der Waals surface area contributed by atoms with Crippen LogP contribution in [-0.4, -0.2) is 44.1 Å². The van der Waals surface area contributed by atoms with Gasteiger partial charge < -0.3 is 10.1 Å². The number of sulfonamides is 1. The predicted molar refractivity (Wildman–Crippen MR) is 87.9 cm³/mol. The molecular formula is C14H21ClN2O4S. The number of methoxy groups -OCH3 is 1. The van der Waals surface area contributed by atoms with Crippen molar-refractivity contribution in [2.45, 2.75) is 26.3 Å². The smallest absolute Gasteiger partial charge is 0.239 e. The molecule has 8 heteroatoms. The Hall–Kier alpha value is -1.31. The molecule has 1 aromatic rings. The molecule has 0 spiro atoms. The molecule has 22 heavy (non-hydrogen) atoms. The van der Waals surface area contributed by atoms with Gasteiger partial charge in [0.2, 0.25) is 15.9 Å². The second kappa shape index (κ2) is 6.85. The van der Waals surface area contributed by atoms with E-state index in [9.17, 15) is 13.2 Å². The van der Waals surface area contributed by atoms with Crippen LogP contribution in [0.1, 0.15) is 20.8 Å². The molecule has 0 bridgehead atoms. The number of carbonyl (C=O) groups excluding carboxylic acids is 1. The van der Waals surface area contributed by atoms with Crippen LogP contribution in [0.3, 0.4) is 0 Å². The Bertz CT molecular complexity index is 653. The first-order valence-electron chi connectivity index (χ1n) is 6.56. The molecule has 0 heterocycles. The van der Waals surface area contributed by atoms with Crippen LogP contribution in [0.2, 0.25) is 5.02 Å². The van der Waals surface area contributed by atoms with Crippen molar-refractivity contribution >= 4 is 33.2 Å². The molecule has 0 atom stereocenters. The van der Waals surface area contributed by atoms with E-state index in [-0.39, 0.29) is 6.54 Å². The van der Waals surface area contributed by atoms with Gasteiger partial charge in [-0.3, -0.25) is 4.79 Å². The van der Waals surface area contributed by atoms with Gasteiger partial charge in [0, 0.05) is 10.6 Å². The average Bonchev–Trinajstić information content (AvgIpc) is 2.33. The lowest BCUT2D eigenvalue weighted by molar-refractivity contribution is -0.117. The number of benzene rings is 1. The number of hydrogen-bond donors (Lipinski definition) is 1. The van der Waals surface area contributed by atoms with E-state index >= 15 is 0 Å². The van der Waals surface area contributed by atoms with E-state index in [0.717, 1.165) is 10.6 Å². The Morgan fingerprint density at radius 2 is 1.95 bits per heavy atom. The Kier molecular flexibility index (Phi) is 5.83. The van der Waals surface area contributed by atoms with Gasteiger partial charge in [-0.1, -0.05) is 11.6 Å². The van der Waals surface area contributed by atoms with Crippen LogP contribution in [0.25, 0.3) is 0 Å². The van der Waals surface area contributed by atoms with Crippen LogP contribution < -0.4 is 10.1 Å². The highest BCUT2D eigenvalue weighted by molar-refractivity contribution is 7.88. The Morgan fingerprint density at radius 3 is 2.41 bits per heavy atom. The van der Waals surface area contributed by atoms with E-state index in [1.165, 1.54) is 7.11 Å². The summed E-state index contributed by atoms with van der Waals surface area (Å²) in [6.45, 7) is 4.88. The summed E-state index contributed by atoms with van der Waals surface area (Å²) in [6, 6.07) is 4.80. The first-order valence-corrected chi connectivity index (χ1v) is 8.79. The zero-order valence-electron chi connectivity index (χ0n) is 13.3. The molecule has 0 saturated heterocycles. The number of rotatable bonds is 5. The number of nitrogens with zero attached hydrogens (tertiary/aromatic N) is 1. The predicted octanol–water partition coefficient (Wildman–Crippen LogP) is 2.35. The maximum Gasteiger partial charge on any atom is 0.239 e. The van der Waals surface area contributed by atoms with Crippen LogP contribution in [0.5, 0.6) is 5.75 Å². The molecule has 124 valence electrons. The lowest BCUT2D eigenvalue weighted by Crippen LogP contribution is -2.48. The number of anilines is 1. The summed E-state index contributed by atoms with van der Waals surface area (Å²) in [6.07, 6.45) is 1.07. The number of amides is 1. The zero-order chi connectivity index (χ0) is 17.1. The molecule has 1 rings (SSSR count). The van der Waals surface area contributed by atoms with Crippen molar-refractivity contribution < 1.29 is 17.9 Å². The number of halogens is 1. The highest BCUT2D eigenvalue weighted by Crippen LogP contribution is 2.28. The third kappa shape index (κ3) is 5.15. The fourth-order valence-corrected chi connectivity index (χ4v) is 3.47. The van der Waals surface area contributed by atoms with Gasteiger partial charge in [0.25, 0.3) is 0 Å². The maximum atomic E-state index is 12.2. The summed E-state index contributed by atoms with van der Waals surface area (Å²) < 4.78 is 30.0. The van der Waals surface area contributed by atoms with E-state index in [4.69, 9.17) is 16.3 Å². The highest BCUT2D eigenvalue weighted by Gasteiger charge is 2.31. The van der Waals surface area contributed by atoms with Crippen molar-refractivity contribution in [3.63, 3.8) is 0 Å². The largest absolute Gasteiger partial charge is 0.495 e. The molecule has 1 N–H and O–H groups in total. The van der Waals surface area contributed by atoms with E-state index in [1.807, 2.05) is 0 Å². The summed E-state index contributed by atoms with van der Waals surface area (Å²) in [5, 5.41) is 3.06. The van der Waals surface area contributed by atoms with Gasteiger partial charge in [-0.2, -0.15) is 4.31 Å². The minimum absolute atomic E-state index is 0.294. The molecule has 0 fully saturated rings. The number of carbonyl (C=O) groups is 1. The first kappa shape index (κ1) is 18.7. The zero-order valence-corrected chi connectivity index (χ0v) is 14.9. The topological polar surface area (TPSA) is 75.7 Å². The van der Waals surface area contributed by atoms with E-state index in [0.29, 0.717) is 16.5 Å². The molecule has 0 aliphatic heterocycles. The molecule has 0 aliphatic rings. The van der Waals surface area contributed by atoms with Gasteiger partial charge in [-0.15, -0.1) is 0 Å². The highest BCUT2D eigenvalue weighted by atomic mass is 35.5. The summed E-state index contributed by atoms with van der Waals surface area (Å²) in [7, 11) is -2.05. The summed E-state index contributed by atoms with van der Waals surface area (Å²) in [5.74, 6) is -0.0275. The van der Waals surface area contributed by atoms with E-state index in [2.05, 4.69) is 5.32 Å². The number of ether oxygens (including phenoxy) is 1. The monoisotopic (exact) mass is 348 g/mol. The van der Waals surface area contributed by atoms with Crippen LogP contribution >= 0.6 is 11.6 Å². The van der Waals surface area contributed by atoms with Gasteiger partial charge in [0.15, 0.2) is 0 Å². The molecule has 0 unspecified atom stereocenters. The quantitative estimate of drug-likeness (QED) is 0.886. The minimum Gasteiger partial charge on any atom is -0.495 e. The molecular weight excluding hydrogens is 328 g/mol. The molecule has 1 amide bonds. The minimum atomic E-state index is -3.52. The average molecular weight is 349 g/mol. The summed E-state index contributed by atoms with van der Waals surface area (Å²) in [5.41, 5.74) is -0.314. The van der Waals surface area contributed by atoms with Gasteiger partial charge in [-0.25, -0.2) is 8.42 Å². The lowest BCUT2D eigenvalue weighted by atomic mass is 10.1. The third-order valence-corrected chi connectivity index (χ3v) is 4.58. The normalized spacial score (nSPS) is 12.3. The van der Waals surface area contributed by atoms with Crippen molar-refractivity contribution in [1.29, 1.82) is 0 Å². The molecule has 0 saturated carbocycles. The van der Waals surface area contributed by atoms with Crippen molar-refractivity contribution in [3.05, 3.63) is 23.2 Å². The maximum absolute atomic E-state index is 12.2. The summed E-state index contributed by atoms with van der Waals surface area (Å²) in [4.78, 5) is 12.2. The Balaban J connectivity index is 2.96. The van der Waals surface area contributed by atoms with Crippen molar-refractivity contribution in [3.8, 4) is 5.75 Å². The summed E-state index contributed by atoms with van der Waals surface area (Å²) >= 11 is 5.90. The number of nitrogens with one attached hydrogen (secondary N) is 1. The number of hydrogen-bond acceptors (Lipinski definition) is 4. The molecule has 0 radical (unpaired) electrons. The van der Waals surface area contributed by atoms with Crippen molar-refractivity contribution in [1.82, 2.24) is 4.31 Å². The third-order valence-electron chi connectivity index (χ3n) is 2.87. The van der Waals surface area contributed by atoms with Gasteiger partial charge in [-0.05, 0) is 39.0 Å². The van der Waals surface area contributed by atoms with Crippen molar-refractivity contribution in [2.75, 3.05) is 25.2 Å². The molecule has 0 aromatic heterocycles. The fourth-order valence-electron chi connectivity index (χ4n) is 1.95. The van der Waals surface area contributed by atoms with Crippen LogP contribution in [0.4, 0.5) is 5.69 Å². The Labute approximate surface area is 136 Å². The van der Waals surface area contributed by atoms with Crippen molar-refractivity contribution in [2.24, 2.45) is 0 Å². The Morgan fingerprint density at radius 1 is 1.36 bits per heavy atom. The van der Waals surface area contributed by atoms with Gasteiger partial charge >= 0.3 is 0 Å². The lowest BCUT2D eigenvalue weighted by Gasteiger charge is -2.32. The second-order valence-electron chi connectivity index (χ2n) is 5.83. The van der Waals surface area contributed by atoms with E-state index in [1.54, 1.807) is 39.0 Å². The molecule has 1 aromatic carbocycles. The standard InChI is InChI=1S/C14H21ClN2O4S/c1-14(2,3)17(22(5,19)20)9-13(18)16-11-8-10(15)6-7-12(11)21-4/h6-8H,9H2,1-5H3,(H,16,18). The van der Waals surface area contributed by atoms with Gasteiger partial charge in [0.05, 0.1) is 25.6 Å². The molecule has 0 aliphatic carbocycles. The fraction of sp³-hybridized carbons (Fsp3) is 0.500.